The van der Waals surface area contributed by atoms with Crippen molar-refractivity contribution >= 4 is 120 Å². The number of hydrogen-bond donors (Lipinski definition) is 0. The minimum absolute atomic E-state index is 0.305. The van der Waals surface area contributed by atoms with E-state index in [9.17, 15) is 0 Å². The first-order chi connectivity index (χ1) is 18.2. The number of aryl methyl sites for hydroxylation is 3. The van der Waals surface area contributed by atoms with Crippen LogP contribution in [0.25, 0.3) is 0 Å². The third-order valence-electron chi connectivity index (χ3n) is 6.22. The zero-order valence-corrected chi connectivity index (χ0v) is 34.9. The Kier molecular flexibility index (Phi) is 18.7. The number of benzene rings is 3. The molecule has 0 unspecified atom stereocenters. The monoisotopic (exact) mass is 656 g/mol. The summed E-state index contributed by atoms with van der Waals surface area (Å²) in [4.78, 5) is 25.6. The van der Waals surface area contributed by atoms with Crippen LogP contribution < -0.4 is 19.7 Å². The fourth-order valence-corrected chi connectivity index (χ4v) is 7.68. The summed E-state index contributed by atoms with van der Waals surface area (Å²) in [6, 6.07) is 20.3. The van der Waals surface area contributed by atoms with Gasteiger partial charge in [0.15, 0.2) is 0 Å². The van der Waals surface area contributed by atoms with Gasteiger partial charge >= 0.3 is 300 Å². The van der Waals surface area contributed by atoms with Crippen LogP contribution in [0.4, 0.5) is 0 Å². The van der Waals surface area contributed by atoms with Gasteiger partial charge in [-0.05, 0) is 0 Å². The first kappa shape index (κ1) is 42.5. The molecule has 0 N–H and O–H groups in total. The molecule has 4 nitrogen and oxygen atoms in total. The molecule has 0 saturated carbocycles. The molecule has 0 fully saturated rings. The van der Waals surface area contributed by atoms with E-state index in [-0.39, 0.29) is 0 Å². The van der Waals surface area contributed by atoms with Gasteiger partial charge in [-0.25, -0.2) is 0 Å². The van der Waals surface area contributed by atoms with Crippen LogP contribution in [0.1, 0.15) is 95.7 Å². The van der Waals surface area contributed by atoms with Crippen molar-refractivity contribution in [3.8, 4) is 0 Å². The standard InChI is InChI=1S/3C11H15.3Ca.H3O4P/c3*1-9-6-5-7-10(8-9)11(2,3)4;;;;1-5(2,3)4/h3*5-6,8H,1-4H3;;;;(H3,1,2,3,4)/q;;;3*+1;/p-3. The van der Waals surface area contributed by atoms with Crippen molar-refractivity contribution in [2.75, 3.05) is 0 Å². The van der Waals surface area contributed by atoms with Crippen molar-refractivity contribution in [3.63, 3.8) is 0 Å². The average Bonchev–Trinajstić information content (AvgIpc) is 2.76. The Hall–Kier alpha value is 1.55. The van der Waals surface area contributed by atoms with Crippen LogP contribution in [0.15, 0.2) is 54.6 Å². The van der Waals surface area contributed by atoms with E-state index >= 15 is 0 Å². The molecule has 0 radical (unpaired) electrons. The third-order valence-corrected chi connectivity index (χ3v) is 9.11. The number of phosphoric acid groups is 1. The SMILES string of the molecule is Cc1cc[c]([Ca+])c(C(C)(C)C)c1.Cc1cc[c]([Ca+])c(C(C)(C)C)c1.Cc1cc[c]([Ca+])c(C(C)(C)C)c1.O=P([O-])([O-])[O-]. The number of rotatable bonds is 0. The summed E-state index contributed by atoms with van der Waals surface area (Å²) >= 11 is 3.77. The van der Waals surface area contributed by atoms with Gasteiger partial charge < -0.3 is 19.2 Å². The normalized spacial score (nSPS) is 11.8. The second kappa shape index (κ2) is 18.0. The second-order valence-electron chi connectivity index (χ2n) is 13.7. The molecule has 0 heterocycles. The summed E-state index contributed by atoms with van der Waals surface area (Å²) < 4.78 is 13.1. The molecule has 0 aromatic heterocycles. The zero-order valence-electron chi connectivity index (χ0n) is 27.4. The maximum Gasteiger partial charge on any atom is -0.159 e. The predicted molar refractivity (Wildman–Crippen MR) is 173 cm³/mol. The molecule has 0 amide bonds. The first-order valence-corrected chi connectivity index (χ1v) is 18.5. The molecule has 41 heavy (non-hydrogen) atoms. The Morgan fingerprint density at radius 2 is 0.659 bits per heavy atom. The van der Waals surface area contributed by atoms with Crippen LogP contribution in [0.3, 0.4) is 0 Å². The van der Waals surface area contributed by atoms with Gasteiger partial charge in [-0.3, -0.25) is 0 Å². The van der Waals surface area contributed by atoms with Crippen LogP contribution in [0.5, 0.6) is 0 Å². The van der Waals surface area contributed by atoms with E-state index in [1.54, 1.807) is 0 Å². The molecular weight excluding hydrogens is 612 g/mol. The van der Waals surface area contributed by atoms with Crippen molar-refractivity contribution in [1.29, 1.82) is 0 Å². The largest absolute Gasteiger partial charge is 0.822 e. The van der Waals surface area contributed by atoms with E-state index in [1.807, 2.05) is 0 Å². The molecule has 3 aromatic rings. The first-order valence-electron chi connectivity index (χ1n) is 13.8. The molecule has 0 saturated heterocycles. The maximum absolute atomic E-state index is 8.55. The van der Waals surface area contributed by atoms with Crippen LogP contribution in [-0.4, -0.2) is 107 Å². The average molecular weight is 657 g/mol. The van der Waals surface area contributed by atoms with Gasteiger partial charge in [-0.15, -0.1) is 0 Å². The minimum atomic E-state index is -5.39. The van der Waals surface area contributed by atoms with Crippen LogP contribution in [-0.2, 0) is 20.8 Å². The van der Waals surface area contributed by atoms with E-state index in [4.69, 9.17) is 19.2 Å². The van der Waals surface area contributed by atoms with Gasteiger partial charge in [-0.1, -0.05) is 0 Å². The smallest absolute Gasteiger partial charge is 0.159 e. The molecule has 0 bridgehead atoms. The van der Waals surface area contributed by atoms with E-state index in [0.717, 1.165) is 0 Å². The van der Waals surface area contributed by atoms with E-state index in [0.29, 0.717) is 16.2 Å². The molecule has 0 spiro atoms. The summed E-state index contributed by atoms with van der Waals surface area (Å²) in [7, 11) is -5.39. The van der Waals surface area contributed by atoms with Gasteiger partial charge in [0.2, 0.25) is 0 Å². The van der Waals surface area contributed by atoms with Crippen molar-refractivity contribution in [2.24, 2.45) is 0 Å². The van der Waals surface area contributed by atoms with Gasteiger partial charge in [0.05, 0.1) is 0 Å². The summed E-state index contributed by atoms with van der Waals surface area (Å²) in [5.41, 5.74) is 9.58. The third kappa shape index (κ3) is 19.0. The van der Waals surface area contributed by atoms with E-state index in [2.05, 4.69) is 138 Å². The molecule has 0 aliphatic carbocycles. The fourth-order valence-electron chi connectivity index (χ4n) is 4.17. The fraction of sp³-hybridized carbons (Fsp3) is 0.455. The molecule has 212 valence electrons. The Labute approximate surface area is 321 Å². The van der Waals surface area contributed by atoms with Gasteiger partial charge in [0.25, 0.3) is 0 Å². The van der Waals surface area contributed by atoms with Crippen molar-refractivity contribution in [3.05, 3.63) is 88.0 Å². The zero-order chi connectivity index (χ0) is 32.6. The van der Waals surface area contributed by atoms with Crippen LogP contribution in [0, 0.1) is 20.8 Å². The van der Waals surface area contributed by atoms with E-state index in [1.165, 1.54) is 146 Å². The molecule has 3 rings (SSSR count). The quantitative estimate of drug-likeness (QED) is 0.274. The van der Waals surface area contributed by atoms with Crippen molar-refractivity contribution in [2.45, 2.75) is 99.3 Å². The Bertz CT molecular complexity index is 1160. The summed E-state index contributed by atoms with van der Waals surface area (Å²) in [6.07, 6.45) is 0. The summed E-state index contributed by atoms with van der Waals surface area (Å²) in [6.45, 7) is 27.0. The maximum atomic E-state index is 8.55. The Morgan fingerprint density at radius 3 is 0.780 bits per heavy atom. The molecular formula is C33H45Ca3O4P. The summed E-state index contributed by atoms with van der Waals surface area (Å²) in [5.74, 6) is 0. The Balaban J connectivity index is 0.000000541. The summed E-state index contributed by atoms with van der Waals surface area (Å²) in [5, 5.41) is 0. The van der Waals surface area contributed by atoms with Gasteiger partial charge in [0.1, 0.15) is 0 Å². The Morgan fingerprint density at radius 1 is 0.488 bits per heavy atom. The molecule has 3 aromatic carbocycles. The van der Waals surface area contributed by atoms with E-state index < -0.39 is 7.82 Å². The van der Waals surface area contributed by atoms with Crippen molar-refractivity contribution < 1.29 is 19.2 Å². The van der Waals surface area contributed by atoms with Crippen LogP contribution >= 0.6 is 7.82 Å². The molecule has 8 heteroatoms. The minimum Gasteiger partial charge on any atom is -0.822 e. The number of hydrogen-bond acceptors (Lipinski definition) is 4. The predicted octanol–water partition coefficient (Wildman–Crippen LogP) is 3.43. The molecule has 0 atom stereocenters. The van der Waals surface area contributed by atoms with Crippen molar-refractivity contribution in [1.82, 2.24) is 0 Å². The van der Waals surface area contributed by atoms with Gasteiger partial charge in [-0.2, -0.15) is 7.82 Å². The van der Waals surface area contributed by atoms with Gasteiger partial charge in [0, 0.05) is 0 Å². The molecule has 0 aliphatic heterocycles. The topological polar surface area (TPSA) is 86.2 Å². The second-order valence-corrected chi connectivity index (χ2v) is 18.1. The van der Waals surface area contributed by atoms with Crippen LogP contribution in [0.2, 0.25) is 0 Å². The molecule has 0 aliphatic rings.